The molecule has 1 aliphatic rings. The van der Waals surface area contributed by atoms with Gasteiger partial charge in [0.25, 0.3) is 5.91 Å². The molecule has 27 heavy (non-hydrogen) atoms. The third-order valence-corrected chi connectivity index (χ3v) is 6.02. The van der Waals surface area contributed by atoms with Gasteiger partial charge in [-0.3, -0.25) is 9.59 Å². The number of hydrogen-bond acceptors (Lipinski definition) is 3. The molecule has 1 fully saturated rings. The van der Waals surface area contributed by atoms with E-state index in [-0.39, 0.29) is 17.3 Å². The third-order valence-electron chi connectivity index (χ3n) is 4.92. The van der Waals surface area contributed by atoms with Crippen LogP contribution >= 0.6 is 11.3 Å². The van der Waals surface area contributed by atoms with Gasteiger partial charge in [-0.25, -0.2) is 8.78 Å². The second-order valence-corrected chi connectivity index (χ2v) is 7.82. The minimum atomic E-state index is -1.03. The first-order valence-corrected chi connectivity index (χ1v) is 9.61. The summed E-state index contributed by atoms with van der Waals surface area (Å²) in [5.74, 6) is -2.74. The molecule has 0 spiro atoms. The lowest BCUT2D eigenvalue weighted by Gasteiger charge is -2.31. The summed E-state index contributed by atoms with van der Waals surface area (Å²) in [6.07, 6.45) is 1.34. The molecular formula is C21H17F2NO2S. The van der Waals surface area contributed by atoms with Gasteiger partial charge in [0.15, 0.2) is 17.4 Å². The number of amides is 1. The van der Waals surface area contributed by atoms with Gasteiger partial charge >= 0.3 is 0 Å². The summed E-state index contributed by atoms with van der Waals surface area (Å²) >= 11 is 1.44. The van der Waals surface area contributed by atoms with Gasteiger partial charge in [0.2, 0.25) is 0 Å². The maximum Gasteiger partial charge on any atom is 0.263 e. The summed E-state index contributed by atoms with van der Waals surface area (Å²) in [5, 5.41) is 1.03. The van der Waals surface area contributed by atoms with Crippen LogP contribution < -0.4 is 0 Å². The second-order valence-electron chi connectivity index (χ2n) is 6.73. The molecular weight excluding hydrogens is 368 g/mol. The van der Waals surface area contributed by atoms with Crippen LogP contribution in [-0.2, 0) is 0 Å². The van der Waals surface area contributed by atoms with Gasteiger partial charge in [-0.15, -0.1) is 11.3 Å². The van der Waals surface area contributed by atoms with Crippen LogP contribution in [0.25, 0.3) is 10.1 Å². The van der Waals surface area contributed by atoms with Crippen molar-refractivity contribution in [1.29, 1.82) is 0 Å². The summed E-state index contributed by atoms with van der Waals surface area (Å²) in [5.41, 5.74) is 0.148. The predicted octanol–water partition coefficient (Wildman–Crippen LogP) is 4.91. The number of benzene rings is 2. The molecule has 0 radical (unpaired) electrons. The van der Waals surface area contributed by atoms with Crippen molar-refractivity contribution in [2.75, 3.05) is 13.1 Å². The summed E-state index contributed by atoms with van der Waals surface area (Å²) in [6, 6.07) is 12.9. The number of likely N-dealkylation sites (tertiary alicyclic amines) is 1. The molecule has 0 aliphatic carbocycles. The molecule has 0 N–H and O–H groups in total. The fraction of sp³-hybridized carbons (Fsp3) is 0.238. The zero-order chi connectivity index (χ0) is 19.0. The van der Waals surface area contributed by atoms with Gasteiger partial charge in [0.05, 0.1) is 4.88 Å². The lowest BCUT2D eigenvalue weighted by atomic mass is 9.90. The van der Waals surface area contributed by atoms with Crippen LogP contribution in [0, 0.1) is 17.6 Å². The van der Waals surface area contributed by atoms with Gasteiger partial charge < -0.3 is 4.90 Å². The summed E-state index contributed by atoms with van der Waals surface area (Å²) in [6.45, 7) is 0.888. The van der Waals surface area contributed by atoms with Crippen molar-refractivity contribution >= 4 is 33.1 Å². The highest BCUT2D eigenvalue weighted by atomic mass is 32.1. The number of Topliss-reactive ketones (excluding diaryl/α,β-unsaturated/α-hetero) is 1. The Balaban J connectivity index is 1.52. The molecule has 0 saturated carbocycles. The number of fused-ring (bicyclic) bond motifs is 1. The van der Waals surface area contributed by atoms with Crippen LogP contribution in [-0.4, -0.2) is 29.7 Å². The van der Waals surface area contributed by atoms with Gasteiger partial charge in [-0.05, 0) is 48.6 Å². The number of carbonyl (C=O) groups excluding carboxylic acids is 2. The average molecular weight is 385 g/mol. The lowest BCUT2D eigenvalue weighted by molar-refractivity contribution is 0.0641. The van der Waals surface area contributed by atoms with E-state index >= 15 is 0 Å². The molecule has 1 saturated heterocycles. The Bertz CT molecular complexity index is 997. The van der Waals surface area contributed by atoms with E-state index in [1.807, 2.05) is 30.3 Å². The number of halogens is 2. The van der Waals surface area contributed by atoms with E-state index in [0.29, 0.717) is 30.8 Å². The number of rotatable bonds is 3. The molecule has 1 amide bonds. The van der Waals surface area contributed by atoms with E-state index in [4.69, 9.17) is 0 Å². The molecule has 6 heteroatoms. The number of carbonyl (C=O) groups is 2. The molecule has 3 aromatic rings. The van der Waals surface area contributed by atoms with Crippen LogP contribution in [0.1, 0.15) is 32.9 Å². The molecule has 2 aromatic carbocycles. The zero-order valence-electron chi connectivity index (χ0n) is 14.5. The van der Waals surface area contributed by atoms with Gasteiger partial charge in [-0.2, -0.15) is 0 Å². The molecule has 1 aromatic heterocycles. The minimum Gasteiger partial charge on any atom is -0.337 e. The minimum absolute atomic E-state index is 0.0843. The van der Waals surface area contributed by atoms with Crippen LogP contribution in [0.15, 0.2) is 48.5 Å². The maximum absolute atomic E-state index is 13.4. The number of nitrogens with zero attached hydrogens (tertiary/aromatic N) is 1. The first kappa shape index (κ1) is 17.8. The van der Waals surface area contributed by atoms with Crippen molar-refractivity contribution in [2.45, 2.75) is 12.8 Å². The summed E-state index contributed by atoms with van der Waals surface area (Å²) in [4.78, 5) is 27.9. The topological polar surface area (TPSA) is 37.4 Å². The van der Waals surface area contributed by atoms with Crippen molar-refractivity contribution in [3.05, 3.63) is 70.6 Å². The number of piperidine rings is 1. The number of hydrogen-bond donors (Lipinski definition) is 0. The fourth-order valence-electron chi connectivity index (χ4n) is 3.50. The number of ketones is 1. The van der Waals surface area contributed by atoms with E-state index in [0.717, 1.165) is 22.2 Å². The molecule has 1 aliphatic heterocycles. The smallest absolute Gasteiger partial charge is 0.263 e. The lowest BCUT2D eigenvalue weighted by Crippen LogP contribution is -2.42. The summed E-state index contributed by atoms with van der Waals surface area (Å²) in [7, 11) is 0. The highest BCUT2D eigenvalue weighted by molar-refractivity contribution is 7.20. The largest absolute Gasteiger partial charge is 0.337 e. The SMILES string of the molecule is O=C(c1ccc(F)c(F)c1)C1CCCN(C(=O)c2cc3ccccc3s2)C1. The maximum atomic E-state index is 13.4. The Hall–Kier alpha value is -2.60. The van der Waals surface area contributed by atoms with Crippen molar-refractivity contribution < 1.29 is 18.4 Å². The van der Waals surface area contributed by atoms with E-state index in [9.17, 15) is 18.4 Å². The highest BCUT2D eigenvalue weighted by Gasteiger charge is 2.30. The first-order valence-electron chi connectivity index (χ1n) is 8.80. The van der Waals surface area contributed by atoms with E-state index < -0.39 is 17.6 Å². The Morgan fingerprint density at radius 2 is 1.85 bits per heavy atom. The van der Waals surface area contributed by atoms with Crippen molar-refractivity contribution in [1.82, 2.24) is 4.90 Å². The molecule has 138 valence electrons. The first-order chi connectivity index (χ1) is 13.0. The molecule has 3 nitrogen and oxygen atoms in total. The fourth-order valence-corrected chi connectivity index (χ4v) is 4.53. The second kappa shape index (κ2) is 7.19. The predicted molar refractivity (Wildman–Crippen MR) is 101 cm³/mol. The Labute approximate surface area is 159 Å². The molecule has 4 rings (SSSR count). The van der Waals surface area contributed by atoms with Gasteiger partial charge in [0.1, 0.15) is 0 Å². The van der Waals surface area contributed by atoms with E-state index in [1.54, 1.807) is 4.90 Å². The molecule has 1 atom stereocenters. The average Bonchev–Trinajstić information content (AvgIpc) is 3.13. The third kappa shape index (κ3) is 3.49. The highest BCUT2D eigenvalue weighted by Crippen LogP contribution is 2.28. The van der Waals surface area contributed by atoms with Gasteiger partial charge in [0, 0.05) is 29.3 Å². The van der Waals surface area contributed by atoms with Gasteiger partial charge in [-0.1, -0.05) is 18.2 Å². The standard InChI is InChI=1S/C21H17F2NO2S/c22-16-8-7-14(10-17(16)23)20(25)15-5-3-9-24(12-15)21(26)19-11-13-4-1-2-6-18(13)27-19/h1-2,4,6-8,10-11,15H,3,5,9,12H2. The Morgan fingerprint density at radius 1 is 1.04 bits per heavy atom. The monoisotopic (exact) mass is 385 g/mol. The normalized spacial score (nSPS) is 17.3. The molecule has 2 heterocycles. The summed E-state index contributed by atoms with van der Waals surface area (Å²) < 4.78 is 27.6. The number of thiophene rings is 1. The van der Waals surface area contributed by atoms with Crippen LogP contribution in [0.2, 0.25) is 0 Å². The van der Waals surface area contributed by atoms with Crippen molar-refractivity contribution in [2.24, 2.45) is 5.92 Å². The van der Waals surface area contributed by atoms with Crippen molar-refractivity contribution in [3.63, 3.8) is 0 Å². The quantitative estimate of drug-likeness (QED) is 0.601. The van der Waals surface area contributed by atoms with Crippen molar-refractivity contribution in [3.8, 4) is 0 Å². The Morgan fingerprint density at radius 3 is 2.63 bits per heavy atom. The molecule has 0 bridgehead atoms. The van der Waals surface area contributed by atoms with Crippen LogP contribution in [0.3, 0.4) is 0 Å². The van der Waals surface area contributed by atoms with Crippen LogP contribution in [0.5, 0.6) is 0 Å². The van der Waals surface area contributed by atoms with Crippen LogP contribution in [0.4, 0.5) is 8.78 Å². The Kier molecular flexibility index (Phi) is 4.74. The molecule has 1 unspecified atom stereocenters. The van der Waals surface area contributed by atoms with E-state index in [1.165, 1.54) is 17.4 Å². The van der Waals surface area contributed by atoms with E-state index in [2.05, 4.69) is 0 Å². The zero-order valence-corrected chi connectivity index (χ0v) is 15.3.